The van der Waals surface area contributed by atoms with Crippen LogP contribution in [0.2, 0.25) is 0 Å². The van der Waals surface area contributed by atoms with E-state index < -0.39 is 0 Å². The van der Waals surface area contributed by atoms with Crippen molar-refractivity contribution in [3.05, 3.63) is 89.5 Å². The van der Waals surface area contributed by atoms with Crippen LogP contribution in [0.4, 0.5) is 0 Å². The van der Waals surface area contributed by atoms with Crippen molar-refractivity contribution in [2.75, 3.05) is 13.7 Å². The van der Waals surface area contributed by atoms with E-state index in [0.29, 0.717) is 36.6 Å². The third-order valence-electron chi connectivity index (χ3n) is 6.70. The summed E-state index contributed by atoms with van der Waals surface area (Å²) in [6.07, 6.45) is 2.40. The second-order valence-electron chi connectivity index (χ2n) is 10.3. The molecule has 1 unspecified atom stereocenters. The summed E-state index contributed by atoms with van der Waals surface area (Å²) in [4.78, 5) is 13.6. The first kappa shape index (κ1) is 31.0. The molecule has 0 aliphatic heterocycles. The first-order valence-corrected chi connectivity index (χ1v) is 14.2. The largest absolute Gasteiger partial charge is 0.497 e. The number of benzene rings is 3. The molecule has 0 radical (unpaired) electrons. The number of hydrogen-bond acceptors (Lipinski definition) is 6. The van der Waals surface area contributed by atoms with Gasteiger partial charge in [0.15, 0.2) is 0 Å². The van der Waals surface area contributed by atoms with E-state index in [-0.39, 0.29) is 30.2 Å². The van der Waals surface area contributed by atoms with Gasteiger partial charge in [0.05, 0.1) is 19.3 Å². The lowest BCUT2D eigenvalue weighted by molar-refractivity contribution is 0.0928. The topological polar surface area (TPSA) is 94.8 Å². The van der Waals surface area contributed by atoms with Gasteiger partial charge in [-0.25, -0.2) is 0 Å². The Bertz CT molecular complexity index is 1180. The molecule has 0 aliphatic carbocycles. The molecule has 0 bridgehead atoms. The van der Waals surface area contributed by atoms with Crippen LogP contribution in [0.1, 0.15) is 62.0 Å². The molecule has 0 spiro atoms. The molecular weight excluding hydrogens is 502 g/mol. The van der Waals surface area contributed by atoms with E-state index in [1.54, 1.807) is 19.2 Å². The second kappa shape index (κ2) is 15.9. The van der Waals surface area contributed by atoms with E-state index in [0.717, 1.165) is 29.7 Å². The summed E-state index contributed by atoms with van der Waals surface area (Å²) in [6.45, 7) is 9.27. The maximum atomic E-state index is 13.6. The van der Waals surface area contributed by atoms with Crippen molar-refractivity contribution >= 4 is 5.91 Å². The van der Waals surface area contributed by atoms with Crippen molar-refractivity contribution in [3.63, 3.8) is 0 Å². The predicted molar refractivity (Wildman–Crippen MR) is 161 cm³/mol. The minimum absolute atomic E-state index is 0.0331. The number of hydrogen-bond donors (Lipinski definition) is 3. The van der Waals surface area contributed by atoms with E-state index in [2.05, 4.69) is 24.5 Å². The Hall–Kier alpha value is -3.55. The van der Waals surface area contributed by atoms with Crippen LogP contribution in [0.3, 0.4) is 0 Å². The van der Waals surface area contributed by atoms with Crippen molar-refractivity contribution in [3.8, 4) is 17.2 Å². The van der Waals surface area contributed by atoms with E-state index >= 15 is 0 Å². The normalized spacial score (nSPS) is 12.7. The Kier molecular flexibility index (Phi) is 12.3. The summed E-state index contributed by atoms with van der Waals surface area (Å²) in [5.74, 6) is 1.83. The van der Waals surface area contributed by atoms with Crippen LogP contribution >= 0.6 is 0 Å². The smallest absolute Gasteiger partial charge is 0.251 e. The highest BCUT2D eigenvalue weighted by molar-refractivity contribution is 5.95. The fourth-order valence-electron chi connectivity index (χ4n) is 4.50. The predicted octanol–water partition coefficient (Wildman–Crippen LogP) is 5.51. The first-order valence-electron chi connectivity index (χ1n) is 14.2. The third-order valence-corrected chi connectivity index (χ3v) is 6.70. The molecule has 0 heterocycles. The van der Waals surface area contributed by atoms with E-state index in [1.807, 2.05) is 74.5 Å². The number of rotatable bonds is 16. The molecule has 0 aromatic heterocycles. The minimum atomic E-state index is -0.329. The number of carbonyl (C=O) groups excluding carboxylic acids is 1. The Morgan fingerprint density at radius 3 is 2.17 bits per heavy atom. The second-order valence-corrected chi connectivity index (χ2v) is 10.3. The molecule has 2 atom stereocenters. The summed E-state index contributed by atoms with van der Waals surface area (Å²) in [7, 11) is 1.66. The molecule has 3 aromatic rings. The fourth-order valence-corrected chi connectivity index (χ4v) is 4.50. The quantitative estimate of drug-likeness (QED) is 0.219. The molecule has 4 N–H and O–H groups in total. The maximum absolute atomic E-state index is 13.6. The van der Waals surface area contributed by atoms with Crippen molar-refractivity contribution in [1.29, 1.82) is 0 Å². The van der Waals surface area contributed by atoms with Crippen molar-refractivity contribution < 1.29 is 19.0 Å². The Labute approximate surface area is 239 Å². The summed E-state index contributed by atoms with van der Waals surface area (Å²) in [5.41, 5.74) is 9.37. The Balaban J connectivity index is 1.77. The zero-order valence-electron chi connectivity index (χ0n) is 24.5. The zero-order chi connectivity index (χ0) is 28.9. The van der Waals surface area contributed by atoms with Gasteiger partial charge in [-0.15, -0.1) is 0 Å². The van der Waals surface area contributed by atoms with Crippen molar-refractivity contribution in [1.82, 2.24) is 10.6 Å². The molecule has 0 aliphatic rings. The standard InChI is InChI=1S/C33H45N3O4/c1-6-27(7-2)40-30-19-26(18-29(20-30)39-23(3)4)33(37)36-32(17-24-12-9-8-10-13-24)31(34)22-35-21-25-14-11-15-28(16-25)38-5/h8-16,18-20,23,27,31-32,35H,6-7,17,21-22,34H2,1-5H3,(H,36,37)/t31?,32-/m0/s1. The van der Waals surface area contributed by atoms with Crippen molar-refractivity contribution in [2.24, 2.45) is 5.73 Å². The molecular formula is C33H45N3O4. The molecule has 1 amide bonds. The van der Waals surface area contributed by atoms with E-state index in [1.165, 1.54) is 0 Å². The van der Waals surface area contributed by atoms with Crippen LogP contribution in [-0.2, 0) is 13.0 Å². The summed E-state index contributed by atoms with van der Waals surface area (Å²) in [5, 5.41) is 6.64. The van der Waals surface area contributed by atoms with Crippen LogP contribution in [0.5, 0.6) is 17.2 Å². The summed E-state index contributed by atoms with van der Waals surface area (Å²) >= 11 is 0. The molecule has 0 saturated heterocycles. The lowest BCUT2D eigenvalue weighted by Crippen LogP contribution is -2.53. The van der Waals surface area contributed by atoms with Crippen LogP contribution in [0.25, 0.3) is 0 Å². The van der Waals surface area contributed by atoms with Gasteiger partial charge in [0.1, 0.15) is 17.2 Å². The van der Waals surface area contributed by atoms with Crippen molar-refractivity contribution in [2.45, 2.75) is 77.8 Å². The molecule has 0 fully saturated rings. The van der Waals surface area contributed by atoms with Gasteiger partial charge < -0.3 is 30.6 Å². The summed E-state index contributed by atoms with van der Waals surface area (Å²) in [6, 6.07) is 22.8. The average Bonchev–Trinajstić information content (AvgIpc) is 2.95. The van der Waals surface area contributed by atoms with Gasteiger partial charge in [-0.1, -0.05) is 56.3 Å². The van der Waals surface area contributed by atoms with Gasteiger partial charge in [0.2, 0.25) is 0 Å². The average molecular weight is 548 g/mol. The molecule has 3 aromatic carbocycles. The highest BCUT2D eigenvalue weighted by atomic mass is 16.5. The first-order chi connectivity index (χ1) is 19.3. The van der Waals surface area contributed by atoms with Crippen LogP contribution in [0.15, 0.2) is 72.8 Å². The van der Waals surface area contributed by atoms with Crippen LogP contribution in [-0.4, -0.2) is 43.9 Å². The lowest BCUT2D eigenvalue weighted by Gasteiger charge is -2.26. The molecule has 7 heteroatoms. The fraction of sp³-hybridized carbons (Fsp3) is 0.424. The molecule has 0 saturated carbocycles. The third kappa shape index (κ3) is 9.88. The van der Waals surface area contributed by atoms with Gasteiger partial charge in [-0.05, 0) is 68.5 Å². The molecule has 216 valence electrons. The highest BCUT2D eigenvalue weighted by Crippen LogP contribution is 2.26. The lowest BCUT2D eigenvalue weighted by atomic mass is 9.99. The summed E-state index contributed by atoms with van der Waals surface area (Å²) < 4.78 is 17.5. The Morgan fingerprint density at radius 1 is 0.850 bits per heavy atom. The number of nitrogens with two attached hydrogens (primary N) is 1. The highest BCUT2D eigenvalue weighted by Gasteiger charge is 2.22. The van der Waals surface area contributed by atoms with Gasteiger partial charge in [0.25, 0.3) is 5.91 Å². The Morgan fingerprint density at radius 2 is 1.52 bits per heavy atom. The molecule has 40 heavy (non-hydrogen) atoms. The number of carbonyl (C=O) groups is 1. The van der Waals surface area contributed by atoms with Gasteiger partial charge in [-0.3, -0.25) is 4.79 Å². The number of ether oxygens (including phenoxy) is 3. The van der Waals surface area contributed by atoms with Gasteiger partial charge in [0, 0.05) is 36.8 Å². The van der Waals surface area contributed by atoms with Gasteiger partial charge in [-0.2, -0.15) is 0 Å². The number of nitrogens with one attached hydrogen (secondary N) is 2. The van der Waals surface area contributed by atoms with Crippen LogP contribution < -0.4 is 30.6 Å². The number of methoxy groups -OCH3 is 1. The molecule has 3 rings (SSSR count). The van der Waals surface area contributed by atoms with E-state index in [4.69, 9.17) is 19.9 Å². The van der Waals surface area contributed by atoms with Gasteiger partial charge >= 0.3 is 0 Å². The maximum Gasteiger partial charge on any atom is 0.251 e. The zero-order valence-corrected chi connectivity index (χ0v) is 24.5. The number of amides is 1. The minimum Gasteiger partial charge on any atom is -0.497 e. The van der Waals surface area contributed by atoms with Crippen LogP contribution in [0, 0.1) is 0 Å². The molecule has 7 nitrogen and oxygen atoms in total. The van der Waals surface area contributed by atoms with E-state index in [9.17, 15) is 4.79 Å². The SMILES string of the molecule is CCC(CC)Oc1cc(OC(C)C)cc(C(=O)N[C@@H](Cc2ccccc2)C(N)CNCc2cccc(OC)c2)c1. The monoisotopic (exact) mass is 547 g/mol.